The maximum atomic E-state index is 6.07. The zero-order valence-electron chi connectivity index (χ0n) is 13.4. The predicted octanol–water partition coefficient (Wildman–Crippen LogP) is 3.62. The predicted molar refractivity (Wildman–Crippen MR) is 84.3 cm³/mol. The van der Waals surface area contributed by atoms with Crippen LogP contribution in [0.4, 0.5) is 0 Å². The van der Waals surface area contributed by atoms with Crippen molar-refractivity contribution in [1.29, 1.82) is 0 Å². The standard InChI is InChI=1S/C17H30N2/c1-7-14-10-8-9-11-15(14)16(12-18)19(6)13(2)17(3,4)5/h8-11,13,16H,7,12,18H2,1-6H3. The van der Waals surface area contributed by atoms with Crippen molar-refractivity contribution in [2.24, 2.45) is 11.1 Å². The SMILES string of the molecule is CCc1ccccc1C(CN)N(C)C(C)C(C)(C)C. The third-order valence-corrected chi connectivity index (χ3v) is 4.37. The van der Waals surface area contributed by atoms with Gasteiger partial charge >= 0.3 is 0 Å². The monoisotopic (exact) mass is 262 g/mol. The van der Waals surface area contributed by atoms with Gasteiger partial charge in [0.15, 0.2) is 0 Å². The number of aryl methyl sites for hydroxylation is 1. The third-order valence-electron chi connectivity index (χ3n) is 4.37. The zero-order valence-corrected chi connectivity index (χ0v) is 13.4. The van der Waals surface area contributed by atoms with Gasteiger partial charge in [0.05, 0.1) is 0 Å². The molecule has 0 fully saturated rings. The molecule has 0 aliphatic heterocycles. The summed E-state index contributed by atoms with van der Waals surface area (Å²) in [4.78, 5) is 2.43. The first kappa shape index (κ1) is 16.2. The van der Waals surface area contributed by atoms with Gasteiger partial charge in [0, 0.05) is 18.6 Å². The lowest BCUT2D eigenvalue weighted by atomic mass is 9.85. The molecule has 0 aliphatic carbocycles. The fourth-order valence-corrected chi connectivity index (χ4v) is 2.57. The highest BCUT2D eigenvalue weighted by Gasteiger charge is 2.29. The Morgan fingerprint density at radius 1 is 1.21 bits per heavy atom. The average molecular weight is 262 g/mol. The van der Waals surface area contributed by atoms with Gasteiger partial charge in [-0.3, -0.25) is 4.90 Å². The van der Waals surface area contributed by atoms with Gasteiger partial charge in [-0.15, -0.1) is 0 Å². The molecular weight excluding hydrogens is 232 g/mol. The van der Waals surface area contributed by atoms with E-state index in [2.05, 4.69) is 70.8 Å². The molecule has 0 aromatic heterocycles. The number of likely N-dealkylation sites (N-methyl/N-ethyl adjacent to an activating group) is 1. The van der Waals surface area contributed by atoms with Gasteiger partial charge in [-0.1, -0.05) is 52.0 Å². The van der Waals surface area contributed by atoms with Crippen molar-refractivity contribution in [2.75, 3.05) is 13.6 Å². The van der Waals surface area contributed by atoms with Crippen LogP contribution < -0.4 is 5.73 Å². The highest BCUT2D eigenvalue weighted by molar-refractivity contribution is 5.30. The Bertz CT molecular complexity index is 392. The van der Waals surface area contributed by atoms with E-state index in [4.69, 9.17) is 5.73 Å². The summed E-state index contributed by atoms with van der Waals surface area (Å²) in [5.74, 6) is 0. The second-order valence-corrected chi connectivity index (χ2v) is 6.51. The van der Waals surface area contributed by atoms with Crippen molar-refractivity contribution in [3.8, 4) is 0 Å². The number of rotatable bonds is 5. The van der Waals surface area contributed by atoms with Crippen LogP contribution in [0.5, 0.6) is 0 Å². The van der Waals surface area contributed by atoms with Crippen molar-refractivity contribution in [3.05, 3.63) is 35.4 Å². The Balaban J connectivity index is 3.06. The minimum atomic E-state index is 0.253. The number of nitrogens with two attached hydrogens (primary N) is 1. The van der Waals surface area contributed by atoms with Crippen LogP contribution in [0.25, 0.3) is 0 Å². The molecule has 0 amide bonds. The van der Waals surface area contributed by atoms with Crippen LogP contribution in [-0.4, -0.2) is 24.5 Å². The molecule has 1 aromatic carbocycles. The zero-order chi connectivity index (χ0) is 14.6. The molecule has 2 heteroatoms. The van der Waals surface area contributed by atoms with E-state index >= 15 is 0 Å². The quantitative estimate of drug-likeness (QED) is 0.878. The Kier molecular flexibility index (Phi) is 5.57. The molecule has 0 saturated carbocycles. The molecule has 0 radical (unpaired) electrons. The molecule has 2 atom stereocenters. The van der Waals surface area contributed by atoms with Gasteiger partial charge in [-0.2, -0.15) is 0 Å². The Labute approximate surface area is 119 Å². The molecule has 0 heterocycles. The average Bonchev–Trinajstić information content (AvgIpc) is 2.38. The summed E-state index contributed by atoms with van der Waals surface area (Å²) in [7, 11) is 2.19. The maximum Gasteiger partial charge on any atom is 0.0473 e. The van der Waals surface area contributed by atoms with Crippen LogP contribution in [0.3, 0.4) is 0 Å². The largest absolute Gasteiger partial charge is 0.329 e. The van der Waals surface area contributed by atoms with E-state index in [1.807, 2.05) is 0 Å². The van der Waals surface area contributed by atoms with E-state index in [1.165, 1.54) is 11.1 Å². The lowest BCUT2D eigenvalue weighted by Crippen LogP contribution is -2.44. The molecule has 2 N–H and O–H groups in total. The minimum absolute atomic E-state index is 0.253. The topological polar surface area (TPSA) is 29.3 Å². The Morgan fingerprint density at radius 3 is 2.26 bits per heavy atom. The highest BCUT2D eigenvalue weighted by atomic mass is 15.2. The van der Waals surface area contributed by atoms with Crippen molar-refractivity contribution < 1.29 is 0 Å². The second kappa shape index (κ2) is 6.53. The van der Waals surface area contributed by atoms with Crippen LogP contribution in [0.2, 0.25) is 0 Å². The van der Waals surface area contributed by atoms with Gasteiger partial charge < -0.3 is 5.73 Å². The Morgan fingerprint density at radius 2 is 1.79 bits per heavy atom. The smallest absolute Gasteiger partial charge is 0.0473 e. The summed E-state index contributed by atoms with van der Waals surface area (Å²) in [5, 5.41) is 0. The number of nitrogens with zero attached hydrogens (tertiary/aromatic N) is 1. The van der Waals surface area contributed by atoms with E-state index in [9.17, 15) is 0 Å². The fraction of sp³-hybridized carbons (Fsp3) is 0.647. The lowest BCUT2D eigenvalue weighted by Gasteiger charge is -2.40. The maximum absolute atomic E-state index is 6.07. The summed E-state index contributed by atoms with van der Waals surface area (Å²) in [6.07, 6.45) is 1.06. The molecule has 2 unspecified atom stereocenters. The summed E-state index contributed by atoms with van der Waals surface area (Å²) >= 11 is 0. The van der Waals surface area contributed by atoms with Gasteiger partial charge in [0.1, 0.15) is 0 Å². The molecule has 0 aliphatic rings. The Hall–Kier alpha value is -0.860. The molecular formula is C17H30N2. The molecule has 19 heavy (non-hydrogen) atoms. The van der Waals surface area contributed by atoms with E-state index in [0.717, 1.165) is 6.42 Å². The van der Waals surface area contributed by atoms with E-state index < -0.39 is 0 Å². The highest BCUT2D eigenvalue weighted by Crippen LogP contribution is 2.30. The molecule has 2 nitrogen and oxygen atoms in total. The molecule has 1 aromatic rings. The second-order valence-electron chi connectivity index (χ2n) is 6.51. The minimum Gasteiger partial charge on any atom is -0.329 e. The van der Waals surface area contributed by atoms with Crippen molar-refractivity contribution >= 4 is 0 Å². The van der Waals surface area contributed by atoms with Crippen molar-refractivity contribution in [1.82, 2.24) is 4.90 Å². The van der Waals surface area contributed by atoms with E-state index in [-0.39, 0.29) is 5.41 Å². The van der Waals surface area contributed by atoms with Crippen LogP contribution in [-0.2, 0) is 6.42 Å². The van der Waals surface area contributed by atoms with E-state index in [1.54, 1.807) is 0 Å². The summed E-state index contributed by atoms with van der Waals surface area (Å²) in [6, 6.07) is 9.45. The first-order valence-corrected chi connectivity index (χ1v) is 7.32. The molecule has 0 bridgehead atoms. The normalized spacial score (nSPS) is 15.6. The molecule has 0 saturated heterocycles. The van der Waals surface area contributed by atoms with Crippen LogP contribution in [0, 0.1) is 5.41 Å². The lowest BCUT2D eigenvalue weighted by molar-refractivity contribution is 0.0997. The number of benzene rings is 1. The van der Waals surface area contributed by atoms with Crippen LogP contribution in [0.1, 0.15) is 51.8 Å². The van der Waals surface area contributed by atoms with Gasteiger partial charge in [0.25, 0.3) is 0 Å². The first-order valence-electron chi connectivity index (χ1n) is 7.32. The summed E-state index contributed by atoms with van der Waals surface area (Å²) in [5.41, 5.74) is 9.11. The molecule has 108 valence electrons. The molecule has 1 rings (SSSR count). The molecule has 0 spiro atoms. The van der Waals surface area contributed by atoms with Crippen molar-refractivity contribution in [2.45, 2.75) is 53.1 Å². The van der Waals surface area contributed by atoms with Gasteiger partial charge in [0.2, 0.25) is 0 Å². The van der Waals surface area contributed by atoms with E-state index in [0.29, 0.717) is 18.6 Å². The first-order chi connectivity index (χ1) is 8.82. The fourth-order valence-electron chi connectivity index (χ4n) is 2.57. The summed E-state index contributed by atoms with van der Waals surface area (Å²) < 4.78 is 0. The number of hydrogen-bond acceptors (Lipinski definition) is 2. The van der Waals surface area contributed by atoms with Gasteiger partial charge in [-0.05, 0) is 36.9 Å². The summed E-state index contributed by atoms with van der Waals surface area (Å²) in [6.45, 7) is 12.0. The van der Waals surface area contributed by atoms with Crippen LogP contribution >= 0.6 is 0 Å². The number of hydrogen-bond donors (Lipinski definition) is 1. The third kappa shape index (κ3) is 3.80. The van der Waals surface area contributed by atoms with Gasteiger partial charge in [-0.25, -0.2) is 0 Å². The van der Waals surface area contributed by atoms with Crippen LogP contribution in [0.15, 0.2) is 24.3 Å². The van der Waals surface area contributed by atoms with Crippen molar-refractivity contribution in [3.63, 3.8) is 0 Å².